The average Bonchev–Trinajstić information content (AvgIpc) is 1.88. The van der Waals surface area contributed by atoms with Crippen LogP contribution in [0.1, 0.15) is 11.1 Å². The average molecular weight is 267 g/mol. The number of alkyl halides is 1. The van der Waals surface area contributed by atoms with E-state index in [1.54, 1.807) is 0 Å². The molecule has 0 radical (unpaired) electrons. The summed E-state index contributed by atoms with van der Waals surface area (Å²) in [4.78, 5) is 0. The van der Waals surface area contributed by atoms with E-state index in [1.165, 1.54) is 11.1 Å². The molecule has 10 heavy (non-hydrogen) atoms. The summed E-state index contributed by atoms with van der Waals surface area (Å²) < 4.78 is 0.983. The Hall–Kier alpha value is 0.240. The minimum atomic E-state index is 0.884. The van der Waals surface area contributed by atoms with Crippen molar-refractivity contribution in [1.82, 2.24) is 0 Å². The Kier molecular flexibility index (Phi) is 2.98. The molecule has 1 aromatic rings. The van der Waals surface area contributed by atoms with Crippen LogP contribution in [0.25, 0.3) is 0 Å². The van der Waals surface area contributed by atoms with Gasteiger partial charge in [0.05, 0.1) is 0 Å². The van der Waals surface area contributed by atoms with E-state index in [4.69, 9.17) is 11.6 Å². The summed E-state index contributed by atoms with van der Waals surface area (Å²) >= 11 is 8.23. The summed E-state index contributed by atoms with van der Waals surface area (Å²) in [7, 11) is 0. The molecular formula is C8H8ClI. The highest BCUT2D eigenvalue weighted by Crippen LogP contribution is 2.19. The van der Waals surface area contributed by atoms with E-state index in [1.807, 2.05) is 13.0 Å². The summed E-state index contributed by atoms with van der Waals surface area (Å²) in [6, 6.07) is 6.15. The normalized spacial score (nSPS) is 9.90. The van der Waals surface area contributed by atoms with Crippen LogP contribution in [-0.4, -0.2) is 0 Å². The van der Waals surface area contributed by atoms with Crippen LogP contribution >= 0.6 is 34.2 Å². The van der Waals surface area contributed by atoms with Gasteiger partial charge < -0.3 is 0 Å². The van der Waals surface area contributed by atoms with Gasteiger partial charge in [0.1, 0.15) is 0 Å². The van der Waals surface area contributed by atoms with Crippen molar-refractivity contribution in [2.24, 2.45) is 0 Å². The molecule has 0 atom stereocenters. The largest absolute Gasteiger partial charge is 0.0840 e. The van der Waals surface area contributed by atoms with E-state index in [9.17, 15) is 0 Å². The van der Waals surface area contributed by atoms with Crippen LogP contribution in [0.3, 0.4) is 0 Å². The predicted molar refractivity (Wildman–Crippen MR) is 53.9 cm³/mol. The molecule has 1 rings (SSSR count). The molecule has 0 amide bonds. The number of hydrogen-bond donors (Lipinski definition) is 0. The summed E-state index contributed by atoms with van der Waals surface area (Å²) in [5.41, 5.74) is 2.44. The molecule has 0 bridgehead atoms. The monoisotopic (exact) mass is 266 g/mol. The van der Waals surface area contributed by atoms with E-state index < -0.39 is 0 Å². The van der Waals surface area contributed by atoms with Gasteiger partial charge in [0.25, 0.3) is 0 Å². The molecule has 0 fully saturated rings. The molecule has 2 heteroatoms. The fourth-order valence-electron chi connectivity index (χ4n) is 0.761. The van der Waals surface area contributed by atoms with Crippen LogP contribution in [-0.2, 0) is 4.43 Å². The minimum absolute atomic E-state index is 0.884. The van der Waals surface area contributed by atoms with E-state index >= 15 is 0 Å². The Morgan fingerprint density at radius 3 is 2.70 bits per heavy atom. The third-order valence-corrected chi connectivity index (χ3v) is 2.53. The van der Waals surface area contributed by atoms with Crippen molar-refractivity contribution in [2.45, 2.75) is 11.4 Å². The maximum Gasteiger partial charge on any atom is 0.0448 e. The van der Waals surface area contributed by atoms with Gasteiger partial charge in [-0.25, -0.2) is 0 Å². The Morgan fingerprint density at radius 1 is 1.50 bits per heavy atom. The Balaban J connectivity index is 3.07. The van der Waals surface area contributed by atoms with Crippen molar-refractivity contribution in [3.63, 3.8) is 0 Å². The van der Waals surface area contributed by atoms with Gasteiger partial charge >= 0.3 is 0 Å². The van der Waals surface area contributed by atoms with Crippen molar-refractivity contribution >= 4 is 34.2 Å². The first-order chi connectivity index (χ1) is 4.74. The highest BCUT2D eigenvalue weighted by Gasteiger charge is 1.96. The molecule has 0 spiro atoms. The standard InChI is InChI=1S/C8H8ClI/c1-6-2-3-7(5-10)8(9)4-6/h2-4H,5H2,1H3. The first kappa shape index (κ1) is 8.34. The van der Waals surface area contributed by atoms with Crippen molar-refractivity contribution in [3.8, 4) is 0 Å². The smallest absolute Gasteiger partial charge is 0.0448 e. The zero-order valence-electron chi connectivity index (χ0n) is 5.70. The third-order valence-electron chi connectivity index (χ3n) is 1.35. The minimum Gasteiger partial charge on any atom is -0.0840 e. The number of halogens is 2. The molecule has 0 aliphatic heterocycles. The summed E-state index contributed by atoms with van der Waals surface area (Å²) in [6.45, 7) is 2.04. The van der Waals surface area contributed by atoms with Crippen LogP contribution < -0.4 is 0 Å². The second kappa shape index (κ2) is 3.58. The third kappa shape index (κ3) is 1.86. The molecule has 0 unspecified atom stereocenters. The zero-order valence-corrected chi connectivity index (χ0v) is 8.61. The van der Waals surface area contributed by atoms with Crippen molar-refractivity contribution in [2.75, 3.05) is 0 Å². The second-order valence-corrected chi connectivity index (χ2v) is 3.40. The van der Waals surface area contributed by atoms with Crippen LogP contribution in [0, 0.1) is 6.92 Å². The molecular weight excluding hydrogens is 258 g/mol. The van der Waals surface area contributed by atoms with Gasteiger partial charge in [-0.3, -0.25) is 0 Å². The zero-order chi connectivity index (χ0) is 7.56. The van der Waals surface area contributed by atoms with Crippen LogP contribution in [0.5, 0.6) is 0 Å². The number of benzene rings is 1. The molecule has 54 valence electrons. The van der Waals surface area contributed by atoms with E-state index in [-0.39, 0.29) is 0 Å². The highest BCUT2D eigenvalue weighted by molar-refractivity contribution is 14.1. The highest BCUT2D eigenvalue weighted by atomic mass is 127. The lowest BCUT2D eigenvalue weighted by molar-refractivity contribution is 1.39. The first-order valence-corrected chi connectivity index (χ1v) is 4.95. The Labute approximate surface area is 79.7 Å². The fourth-order valence-corrected chi connectivity index (χ4v) is 1.95. The fraction of sp³-hybridized carbons (Fsp3) is 0.250. The van der Waals surface area contributed by atoms with E-state index in [0.29, 0.717) is 0 Å². The summed E-state index contributed by atoms with van der Waals surface area (Å²) in [5, 5.41) is 0.884. The quantitative estimate of drug-likeness (QED) is 0.538. The Morgan fingerprint density at radius 2 is 2.20 bits per heavy atom. The van der Waals surface area contributed by atoms with E-state index in [0.717, 1.165) is 9.45 Å². The summed E-state index contributed by atoms with van der Waals surface area (Å²) in [5.74, 6) is 0. The number of aryl methyl sites for hydroxylation is 1. The lowest BCUT2D eigenvalue weighted by Gasteiger charge is -1.99. The van der Waals surface area contributed by atoms with Gasteiger partial charge in [-0.1, -0.05) is 46.3 Å². The van der Waals surface area contributed by atoms with Crippen LogP contribution in [0.15, 0.2) is 18.2 Å². The van der Waals surface area contributed by atoms with Gasteiger partial charge in [-0.2, -0.15) is 0 Å². The van der Waals surface area contributed by atoms with Crippen LogP contribution in [0.2, 0.25) is 5.02 Å². The molecule has 0 heterocycles. The number of rotatable bonds is 1. The van der Waals surface area contributed by atoms with Crippen molar-refractivity contribution in [3.05, 3.63) is 34.3 Å². The molecule has 0 N–H and O–H groups in total. The SMILES string of the molecule is Cc1ccc(CI)c(Cl)c1. The predicted octanol–water partition coefficient (Wildman–Crippen LogP) is 3.58. The van der Waals surface area contributed by atoms with Gasteiger partial charge in [0, 0.05) is 9.45 Å². The molecule has 0 aliphatic carbocycles. The number of hydrogen-bond acceptors (Lipinski definition) is 0. The van der Waals surface area contributed by atoms with Gasteiger partial charge in [0.15, 0.2) is 0 Å². The van der Waals surface area contributed by atoms with Gasteiger partial charge in [-0.05, 0) is 24.1 Å². The molecule has 0 aliphatic rings. The lowest BCUT2D eigenvalue weighted by Crippen LogP contribution is -1.79. The molecule has 0 aromatic heterocycles. The Bertz CT molecular complexity index is 233. The van der Waals surface area contributed by atoms with Gasteiger partial charge in [0.2, 0.25) is 0 Å². The van der Waals surface area contributed by atoms with Crippen molar-refractivity contribution in [1.29, 1.82) is 0 Å². The first-order valence-electron chi connectivity index (χ1n) is 3.05. The van der Waals surface area contributed by atoms with Crippen LogP contribution in [0.4, 0.5) is 0 Å². The maximum absolute atomic E-state index is 5.92. The van der Waals surface area contributed by atoms with Gasteiger partial charge in [-0.15, -0.1) is 0 Å². The molecule has 0 saturated heterocycles. The molecule has 1 aromatic carbocycles. The van der Waals surface area contributed by atoms with Crippen molar-refractivity contribution < 1.29 is 0 Å². The maximum atomic E-state index is 5.92. The summed E-state index contributed by atoms with van der Waals surface area (Å²) in [6.07, 6.45) is 0. The second-order valence-electron chi connectivity index (χ2n) is 2.23. The molecule has 0 nitrogen and oxygen atoms in total. The molecule has 0 saturated carbocycles. The lowest BCUT2D eigenvalue weighted by atomic mass is 10.2. The topological polar surface area (TPSA) is 0 Å². The van der Waals surface area contributed by atoms with E-state index in [2.05, 4.69) is 34.7 Å².